The molecule has 1 aliphatic rings. The molecule has 0 saturated carbocycles. The normalized spacial score (nSPS) is 18.3. The number of hydrogen-bond acceptors (Lipinski definition) is 6. The van der Waals surface area contributed by atoms with E-state index in [4.69, 9.17) is 9.72 Å². The fourth-order valence-electron chi connectivity index (χ4n) is 3.77. The molecule has 0 bridgehead atoms. The first-order chi connectivity index (χ1) is 12.6. The summed E-state index contributed by atoms with van der Waals surface area (Å²) in [6.45, 7) is 4.98. The maximum absolute atomic E-state index is 5.03. The average molecular weight is 352 g/mol. The average Bonchev–Trinajstić information content (AvgIpc) is 2.96. The maximum Gasteiger partial charge on any atom is 0.316 e. The Morgan fingerprint density at radius 2 is 2.04 bits per heavy atom. The highest BCUT2D eigenvalue weighted by Gasteiger charge is 2.23. The maximum atomic E-state index is 5.03. The van der Waals surface area contributed by atoms with Crippen molar-refractivity contribution in [2.75, 3.05) is 20.2 Å². The zero-order valence-electron chi connectivity index (χ0n) is 15.5. The molecular formula is C19H24N6O. The number of ether oxygens (including phenoxy) is 1. The van der Waals surface area contributed by atoms with Crippen molar-refractivity contribution in [1.82, 2.24) is 29.6 Å². The number of likely N-dealkylation sites (tertiary alicyclic amines) is 1. The van der Waals surface area contributed by atoms with Crippen LogP contribution in [-0.2, 0) is 13.6 Å². The van der Waals surface area contributed by atoms with E-state index in [9.17, 15) is 0 Å². The van der Waals surface area contributed by atoms with Crippen LogP contribution in [0.5, 0.6) is 6.01 Å². The van der Waals surface area contributed by atoms with Crippen LogP contribution in [0.15, 0.2) is 24.5 Å². The number of aryl methyl sites for hydroxylation is 2. The summed E-state index contributed by atoms with van der Waals surface area (Å²) in [7, 11) is 3.54. The third kappa shape index (κ3) is 3.26. The van der Waals surface area contributed by atoms with Crippen LogP contribution >= 0.6 is 0 Å². The lowest BCUT2D eigenvalue weighted by molar-refractivity contribution is 0.198. The van der Waals surface area contributed by atoms with Gasteiger partial charge in [-0.3, -0.25) is 9.58 Å². The molecule has 0 unspecified atom stereocenters. The lowest BCUT2D eigenvalue weighted by Crippen LogP contribution is -2.34. The molecule has 4 rings (SSSR count). The van der Waals surface area contributed by atoms with Crippen LogP contribution in [0.2, 0.25) is 0 Å². The predicted molar refractivity (Wildman–Crippen MR) is 99.1 cm³/mol. The molecular weight excluding hydrogens is 328 g/mol. The molecule has 4 heterocycles. The van der Waals surface area contributed by atoms with Crippen LogP contribution in [0.1, 0.15) is 35.7 Å². The van der Waals surface area contributed by atoms with Gasteiger partial charge in [-0.05, 0) is 38.4 Å². The molecule has 136 valence electrons. The molecule has 1 atom stereocenters. The molecule has 0 radical (unpaired) electrons. The number of fused-ring (bicyclic) bond motifs is 1. The third-order valence-corrected chi connectivity index (χ3v) is 5.09. The Labute approximate surface area is 153 Å². The first-order valence-corrected chi connectivity index (χ1v) is 9.01. The third-order valence-electron chi connectivity index (χ3n) is 5.09. The second-order valence-electron chi connectivity index (χ2n) is 6.97. The number of hydrogen-bond donors (Lipinski definition) is 0. The monoisotopic (exact) mass is 352 g/mol. The molecule has 0 aliphatic carbocycles. The van der Waals surface area contributed by atoms with Crippen molar-refractivity contribution in [3.05, 3.63) is 41.5 Å². The van der Waals surface area contributed by atoms with Gasteiger partial charge in [-0.25, -0.2) is 15.0 Å². The summed E-state index contributed by atoms with van der Waals surface area (Å²) in [5.41, 5.74) is 4.28. The molecule has 3 aromatic heterocycles. The Morgan fingerprint density at radius 1 is 1.23 bits per heavy atom. The van der Waals surface area contributed by atoms with E-state index >= 15 is 0 Å². The number of methoxy groups -OCH3 is 1. The number of piperidine rings is 1. The number of nitrogens with zero attached hydrogens (tertiary/aromatic N) is 6. The minimum atomic E-state index is 0.411. The molecule has 26 heavy (non-hydrogen) atoms. The Bertz CT molecular complexity index is 904. The zero-order valence-corrected chi connectivity index (χ0v) is 15.5. The van der Waals surface area contributed by atoms with Gasteiger partial charge in [-0.2, -0.15) is 5.10 Å². The quantitative estimate of drug-likeness (QED) is 0.718. The molecule has 7 heteroatoms. The number of rotatable bonds is 4. The van der Waals surface area contributed by atoms with Crippen LogP contribution in [0.4, 0.5) is 0 Å². The van der Waals surface area contributed by atoms with E-state index in [2.05, 4.69) is 32.1 Å². The molecule has 1 fully saturated rings. The number of aromatic nitrogens is 5. The summed E-state index contributed by atoms with van der Waals surface area (Å²) in [6.07, 6.45) is 6.03. The summed E-state index contributed by atoms with van der Waals surface area (Å²) >= 11 is 0. The highest BCUT2D eigenvalue weighted by Crippen LogP contribution is 2.28. The lowest BCUT2D eigenvalue weighted by Gasteiger charge is -2.32. The van der Waals surface area contributed by atoms with Gasteiger partial charge in [0.15, 0.2) is 5.65 Å². The van der Waals surface area contributed by atoms with Crippen molar-refractivity contribution in [2.24, 2.45) is 7.05 Å². The van der Waals surface area contributed by atoms with Crippen molar-refractivity contribution >= 4 is 11.0 Å². The summed E-state index contributed by atoms with van der Waals surface area (Å²) in [4.78, 5) is 15.8. The molecule has 1 saturated heterocycles. The highest BCUT2D eigenvalue weighted by molar-refractivity contribution is 5.78. The van der Waals surface area contributed by atoms with Crippen molar-refractivity contribution in [2.45, 2.75) is 32.2 Å². The topological polar surface area (TPSA) is 69.0 Å². The smallest absolute Gasteiger partial charge is 0.316 e. The van der Waals surface area contributed by atoms with Crippen molar-refractivity contribution in [3.63, 3.8) is 0 Å². The summed E-state index contributed by atoms with van der Waals surface area (Å²) in [5, 5.41) is 5.62. The molecule has 0 aromatic carbocycles. The van der Waals surface area contributed by atoms with Gasteiger partial charge in [0.1, 0.15) is 0 Å². The van der Waals surface area contributed by atoms with Crippen molar-refractivity contribution < 1.29 is 4.74 Å². The second kappa shape index (κ2) is 6.99. The summed E-state index contributed by atoms with van der Waals surface area (Å²) in [6, 6.07) is 4.74. The van der Waals surface area contributed by atoms with Gasteiger partial charge < -0.3 is 4.74 Å². The van der Waals surface area contributed by atoms with E-state index in [0.717, 1.165) is 47.6 Å². The van der Waals surface area contributed by atoms with Gasteiger partial charge in [0.25, 0.3) is 0 Å². The van der Waals surface area contributed by atoms with E-state index in [1.807, 2.05) is 31.0 Å². The summed E-state index contributed by atoms with van der Waals surface area (Å²) in [5.74, 6) is 0.447. The summed E-state index contributed by atoms with van der Waals surface area (Å²) < 4.78 is 6.91. The predicted octanol–water partition coefficient (Wildman–Crippen LogP) is 2.45. The first kappa shape index (κ1) is 16.9. The molecule has 7 nitrogen and oxygen atoms in total. The van der Waals surface area contributed by atoms with Gasteiger partial charge in [0.2, 0.25) is 0 Å². The minimum absolute atomic E-state index is 0.411. The largest absolute Gasteiger partial charge is 0.467 e. The van der Waals surface area contributed by atoms with Crippen LogP contribution in [0.25, 0.3) is 11.0 Å². The van der Waals surface area contributed by atoms with Crippen LogP contribution in [0, 0.1) is 6.92 Å². The lowest BCUT2D eigenvalue weighted by atomic mass is 9.94. The van der Waals surface area contributed by atoms with E-state index in [0.29, 0.717) is 11.9 Å². The first-order valence-electron chi connectivity index (χ1n) is 9.01. The zero-order chi connectivity index (χ0) is 18.1. The Morgan fingerprint density at radius 3 is 2.81 bits per heavy atom. The van der Waals surface area contributed by atoms with Gasteiger partial charge in [-0.15, -0.1) is 0 Å². The molecule has 0 amide bonds. The molecule has 0 N–H and O–H groups in total. The van der Waals surface area contributed by atoms with Gasteiger partial charge >= 0.3 is 6.01 Å². The second-order valence-corrected chi connectivity index (χ2v) is 6.97. The Hall–Kier alpha value is -2.54. The van der Waals surface area contributed by atoms with E-state index < -0.39 is 0 Å². The van der Waals surface area contributed by atoms with Crippen LogP contribution in [-0.4, -0.2) is 49.8 Å². The van der Waals surface area contributed by atoms with E-state index in [1.165, 1.54) is 12.8 Å². The van der Waals surface area contributed by atoms with Crippen LogP contribution < -0.4 is 4.74 Å². The van der Waals surface area contributed by atoms with Crippen molar-refractivity contribution in [3.8, 4) is 6.01 Å². The van der Waals surface area contributed by atoms with Crippen molar-refractivity contribution in [1.29, 1.82) is 0 Å². The van der Waals surface area contributed by atoms with Gasteiger partial charge in [0, 0.05) is 55.1 Å². The van der Waals surface area contributed by atoms with Crippen LogP contribution in [0.3, 0.4) is 0 Å². The number of pyridine rings is 1. The molecule has 3 aromatic rings. The standard InChI is InChI=1S/C19H24N6O/c1-13-16-6-7-17(22-18(16)24(2)23-13)15-5-4-8-25(12-15)11-14-9-20-19(26-3)21-10-14/h6-7,9-10,15H,4-5,8,11-12H2,1-3H3/t15-/m1/s1. The van der Waals surface area contributed by atoms with E-state index in [1.54, 1.807) is 7.11 Å². The Balaban J connectivity index is 1.50. The molecule has 0 spiro atoms. The SMILES string of the molecule is COc1ncc(CN2CCC[C@@H](c3ccc4c(C)nn(C)c4n3)C2)cn1. The molecule has 1 aliphatic heterocycles. The van der Waals surface area contributed by atoms with Gasteiger partial charge in [-0.1, -0.05) is 0 Å². The minimum Gasteiger partial charge on any atom is -0.467 e. The van der Waals surface area contributed by atoms with Gasteiger partial charge in [0.05, 0.1) is 12.8 Å². The highest BCUT2D eigenvalue weighted by atomic mass is 16.5. The fourth-order valence-corrected chi connectivity index (χ4v) is 3.77. The fraction of sp³-hybridized carbons (Fsp3) is 0.474. The van der Waals surface area contributed by atoms with E-state index in [-0.39, 0.29) is 0 Å². The Kier molecular flexibility index (Phi) is 4.55.